The van der Waals surface area contributed by atoms with Crippen LogP contribution >= 0.6 is 0 Å². The van der Waals surface area contributed by atoms with Gasteiger partial charge in [0.15, 0.2) is 0 Å². The second-order valence-corrected chi connectivity index (χ2v) is 8.57. The van der Waals surface area contributed by atoms with Crippen molar-refractivity contribution >= 4 is 17.5 Å². The van der Waals surface area contributed by atoms with Crippen molar-refractivity contribution < 1.29 is 19.5 Å². The van der Waals surface area contributed by atoms with Gasteiger partial charge in [0.25, 0.3) is 0 Å². The predicted molar refractivity (Wildman–Crippen MR) is 119 cm³/mol. The Morgan fingerprint density at radius 2 is 1.84 bits per heavy atom. The van der Waals surface area contributed by atoms with Gasteiger partial charge in [-0.3, -0.25) is 14.8 Å². The number of amides is 2. The molecule has 0 unspecified atom stereocenters. The van der Waals surface area contributed by atoms with E-state index in [1.165, 1.54) is 5.69 Å². The van der Waals surface area contributed by atoms with Crippen molar-refractivity contribution in [2.75, 3.05) is 31.1 Å². The molecule has 32 heavy (non-hydrogen) atoms. The van der Waals surface area contributed by atoms with Crippen LogP contribution in [0, 0.1) is 18.8 Å². The lowest BCUT2D eigenvalue weighted by Crippen LogP contribution is -2.53. The molecule has 2 aromatic rings. The Balaban J connectivity index is 1.44. The Bertz CT molecular complexity index is 931. The minimum absolute atomic E-state index is 0.0678. The third kappa shape index (κ3) is 5.02. The van der Waals surface area contributed by atoms with E-state index < -0.39 is 17.9 Å². The van der Waals surface area contributed by atoms with Crippen LogP contribution in [-0.4, -0.2) is 59.2 Å². The first-order valence-electron chi connectivity index (χ1n) is 11.2. The molecule has 2 heterocycles. The molecule has 2 amide bonds. The first-order chi connectivity index (χ1) is 15.5. The molecular weight excluding hydrogens is 408 g/mol. The summed E-state index contributed by atoms with van der Waals surface area (Å²) in [6.07, 6.45) is 2.63. The molecule has 8 nitrogen and oxygen atoms in total. The number of aryl methyl sites for hydroxylation is 1. The van der Waals surface area contributed by atoms with E-state index >= 15 is 0 Å². The minimum atomic E-state index is -0.472. The van der Waals surface area contributed by atoms with Gasteiger partial charge < -0.3 is 14.5 Å². The van der Waals surface area contributed by atoms with Crippen molar-refractivity contribution in [3.63, 3.8) is 0 Å². The van der Waals surface area contributed by atoms with E-state index in [1.807, 2.05) is 42.2 Å². The molecule has 0 radical (unpaired) electrons. The molecule has 0 bridgehead atoms. The first kappa shape index (κ1) is 22.1. The summed E-state index contributed by atoms with van der Waals surface area (Å²) in [7, 11) is 0. The van der Waals surface area contributed by atoms with Gasteiger partial charge in [-0.1, -0.05) is 18.2 Å². The number of hydrogen-bond acceptors (Lipinski definition) is 6. The fourth-order valence-electron chi connectivity index (χ4n) is 4.66. The maximum Gasteiger partial charge on any atom is 0.246 e. The van der Waals surface area contributed by atoms with Gasteiger partial charge in [-0.25, -0.2) is 10.5 Å². The van der Waals surface area contributed by atoms with Crippen LogP contribution in [-0.2, 0) is 9.59 Å². The van der Waals surface area contributed by atoms with Crippen molar-refractivity contribution in [3.8, 4) is 5.88 Å². The van der Waals surface area contributed by atoms with Gasteiger partial charge in [0, 0.05) is 50.0 Å². The lowest BCUT2D eigenvalue weighted by atomic mass is 9.78. The lowest BCUT2D eigenvalue weighted by molar-refractivity contribution is -0.145. The minimum Gasteiger partial charge on any atom is -0.473 e. The van der Waals surface area contributed by atoms with Gasteiger partial charge >= 0.3 is 0 Å². The van der Waals surface area contributed by atoms with Crippen molar-refractivity contribution in [3.05, 3.63) is 54.2 Å². The zero-order chi connectivity index (χ0) is 22.5. The molecule has 1 saturated carbocycles. The Morgan fingerprint density at radius 3 is 2.53 bits per heavy atom. The van der Waals surface area contributed by atoms with Crippen LogP contribution in [0.25, 0.3) is 0 Å². The highest BCUT2D eigenvalue weighted by Gasteiger charge is 2.41. The maximum atomic E-state index is 13.5. The molecule has 8 heteroatoms. The summed E-state index contributed by atoms with van der Waals surface area (Å²) in [6, 6.07) is 13.9. The zero-order valence-electron chi connectivity index (χ0n) is 18.3. The Morgan fingerprint density at radius 1 is 1.09 bits per heavy atom. The van der Waals surface area contributed by atoms with Crippen LogP contribution < -0.4 is 15.1 Å². The number of nitrogens with zero attached hydrogens (tertiary/aromatic N) is 3. The third-order valence-corrected chi connectivity index (χ3v) is 6.47. The quantitative estimate of drug-likeness (QED) is 0.550. The molecule has 4 rings (SSSR count). The molecule has 1 aromatic carbocycles. The molecule has 2 fully saturated rings. The zero-order valence-corrected chi connectivity index (χ0v) is 18.3. The number of carbonyl (C=O) groups excluding carboxylic acids is 2. The molecule has 2 aliphatic rings. The van der Waals surface area contributed by atoms with Crippen molar-refractivity contribution in [1.82, 2.24) is 15.4 Å². The average Bonchev–Trinajstić information content (AvgIpc) is 2.84. The molecule has 170 valence electrons. The Hall–Kier alpha value is -3.13. The largest absolute Gasteiger partial charge is 0.473 e. The van der Waals surface area contributed by atoms with E-state index in [0.717, 1.165) is 18.7 Å². The SMILES string of the molecule is Cc1ccnc(O[C@H]2C[C@H](C(=O)NO)CC[C@@H]2C(=O)N2CCN(c3ccccc3)CC2)c1. The highest BCUT2D eigenvalue weighted by atomic mass is 16.5. The van der Waals surface area contributed by atoms with Crippen molar-refractivity contribution in [2.45, 2.75) is 32.3 Å². The van der Waals surface area contributed by atoms with E-state index in [-0.39, 0.29) is 11.8 Å². The van der Waals surface area contributed by atoms with Crippen LogP contribution in [0.5, 0.6) is 5.88 Å². The van der Waals surface area contributed by atoms with E-state index in [0.29, 0.717) is 38.2 Å². The third-order valence-electron chi connectivity index (χ3n) is 6.47. The maximum absolute atomic E-state index is 13.5. The van der Waals surface area contributed by atoms with Crippen LogP contribution in [0.3, 0.4) is 0 Å². The smallest absolute Gasteiger partial charge is 0.246 e. The van der Waals surface area contributed by atoms with Crippen molar-refractivity contribution in [2.24, 2.45) is 11.8 Å². The number of anilines is 1. The number of nitrogens with one attached hydrogen (secondary N) is 1. The standard InChI is InChI=1S/C24H30N4O4/c1-17-9-10-25-22(15-17)32-21-16-18(23(29)26-31)7-8-20(21)24(30)28-13-11-27(12-14-28)19-5-3-2-4-6-19/h2-6,9-10,15,18,20-21,31H,7-8,11-14,16H2,1H3,(H,26,29)/t18-,20+,21+/m1/s1. The molecule has 1 aliphatic carbocycles. The number of ether oxygens (including phenoxy) is 1. The number of para-hydroxylation sites is 1. The number of carbonyl (C=O) groups is 2. The lowest BCUT2D eigenvalue weighted by Gasteiger charge is -2.40. The molecular formula is C24H30N4O4. The number of rotatable bonds is 5. The Kier molecular flexibility index (Phi) is 6.90. The van der Waals surface area contributed by atoms with Gasteiger partial charge in [-0.15, -0.1) is 0 Å². The summed E-state index contributed by atoms with van der Waals surface area (Å²) < 4.78 is 6.15. The summed E-state index contributed by atoms with van der Waals surface area (Å²) in [5.74, 6) is -0.653. The fraction of sp³-hybridized carbons (Fsp3) is 0.458. The van der Waals surface area contributed by atoms with Crippen LogP contribution in [0.1, 0.15) is 24.8 Å². The number of piperazine rings is 1. The molecule has 1 saturated heterocycles. The number of benzene rings is 1. The molecule has 3 atom stereocenters. The first-order valence-corrected chi connectivity index (χ1v) is 11.2. The highest BCUT2D eigenvalue weighted by molar-refractivity contribution is 5.81. The van der Waals surface area contributed by atoms with Crippen LogP contribution in [0.15, 0.2) is 48.7 Å². The molecule has 1 aromatic heterocycles. The van der Waals surface area contributed by atoms with E-state index in [4.69, 9.17) is 9.94 Å². The van der Waals surface area contributed by atoms with Gasteiger partial charge in [-0.05, 0) is 49.9 Å². The molecule has 2 N–H and O–H groups in total. The summed E-state index contributed by atoms with van der Waals surface area (Å²) in [5, 5.41) is 9.06. The Labute approximate surface area is 188 Å². The number of hydroxylamine groups is 1. The van der Waals surface area contributed by atoms with Crippen LogP contribution in [0.4, 0.5) is 5.69 Å². The average molecular weight is 439 g/mol. The second-order valence-electron chi connectivity index (χ2n) is 8.57. The van der Waals surface area contributed by atoms with Gasteiger partial charge in [-0.2, -0.15) is 0 Å². The summed E-state index contributed by atoms with van der Waals surface area (Å²) in [4.78, 5) is 34.0. The number of hydrogen-bond donors (Lipinski definition) is 2. The van der Waals surface area contributed by atoms with Gasteiger partial charge in [0.1, 0.15) is 6.10 Å². The molecule has 1 aliphatic heterocycles. The van der Waals surface area contributed by atoms with E-state index in [2.05, 4.69) is 22.0 Å². The van der Waals surface area contributed by atoms with E-state index in [1.54, 1.807) is 11.7 Å². The molecule has 0 spiro atoms. The topological polar surface area (TPSA) is 95.0 Å². The highest BCUT2D eigenvalue weighted by Crippen LogP contribution is 2.34. The van der Waals surface area contributed by atoms with Gasteiger partial charge in [0.2, 0.25) is 17.7 Å². The van der Waals surface area contributed by atoms with Gasteiger partial charge in [0.05, 0.1) is 5.92 Å². The summed E-state index contributed by atoms with van der Waals surface area (Å²) in [6.45, 7) is 4.82. The second kappa shape index (κ2) is 9.99. The summed E-state index contributed by atoms with van der Waals surface area (Å²) >= 11 is 0. The predicted octanol–water partition coefficient (Wildman–Crippen LogP) is 2.41. The van der Waals surface area contributed by atoms with E-state index in [9.17, 15) is 9.59 Å². The summed E-state index contributed by atoms with van der Waals surface area (Å²) in [5.41, 5.74) is 3.92. The normalized spacial score (nSPS) is 23.5. The fourth-order valence-corrected chi connectivity index (χ4v) is 4.66. The number of pyridine rings is 1. The number of aromatic nitrogens is 1. The van der Waals surface area contributed by atoms with Crippen molar-refractivity contribution in [1.29, 1.82) is 0 Å². The monoisotopic (exact) mass is 438 g/mol. The van der Waals surface area contributed by atoms with Crippen LogP contribution in [0.2, 0.25) is 0 Å².